The van der Waals surface area contributed by atoms with Crippen LogP contribution in [0.25, 0.3) is 0 Å². The highest BCUT2D eigenvalue weighted by atomic mass is 79.9. The van der Waals surface area contributed by atoms with Crippen LogP contribution in [-0.4, -0.2) is 39.3 Å². The van der Waals surface area contributed by atoms with Crippen LogP contribution in [0.2, 0.25) is 0 Å². The van der Waals surface area contributed by atoms with Crippen molar-refractivity contribution in [3.8, 4) is 5.75 Å². The first kappa shape index (κ1) is 17.7. The molecule has 0 fully saturated rings. The van der Waals surface area contributed by atoms with E-state index in [1.54, 1.807) is 13.2 Å². The number of halogens is 1. The Morgan fingerprint density at radius 1 is 1.48 bits per heavy atom. The van der Waals surface area contributed by atoms with Gasteiger partial charge in [0, 0.05) is 26.7 Å². The van der Waals surface area contributed by atoms with Gasteiger partial charge in [-0.1, -0.05) is 12.1 Å². The minimum atomic E-state index is -0.174. The van der Waals surface area contributed by atoms with E-state index in [0.29, 0.717) is 18.9 Å². The monoisotopic (exact) mass is 356 g/mol. The molecule has 1 aromatic rings. The number of amides is 1. The zero-order valence-electron chi connectivity index (χ0n) is 12.2. The molecular weight excluding hydrogens is 336 g/mol. The number of carbonyl (C=O) groups excluding carboxylic acids is 1. The molecule has 0 aromatic heterocycles. The second-order valence-electron chi connectivity index (χ2n) is 4.32. The van der Waals surface area contributed by atoms with Gasteiger partial charge in [0.25, 0.3) is 5.91 Å². The van der Waals surface area contributed by atoms with Gasteiger partial charge in [0.1, 0.15) is 5.75 Å². The summed E-state index contributed by atoms with van der Waals surface area (Å²) in [6.45, 7) is 6.19. The smallest absolute Gasteiger partial charge is 0.258 e. The molecule has 0 aliphatic carbocycles. The van der Waals surface area contributed by atoms with Crippen LogP contribution in [0.15, 0.2) is 35.3 Å². The van der Waals surface area contributed by atoms with Gasteiger partial charge in [-0.3, -0.25) is 4.79 Å². The molecule has 0 aliphatic rings. The average molecular weight is 357 g/mol. The highest BCUT2D eigenvalue weighted by Crippen LogP contribution is 2.25. The molecule has 0 radical (unpaired) electrons. The van der Waals surface area contributed by atoms with Crippen LogP contribution in [0, 0.1) is 0 Å². The maximum atomic E-state index is 11.4. The van der Waals surface area contributed by atoms with Gasteiger partial charge in [0.05, 0.1) is 11.1 Å². The van der Waals surface area contributed by atoms with Crippen LogP contribution in [0.1, 0.15) is 5.56 Å². The minimum Gasteiger partial charge on any atom is -0.483 e. The van der Waals surface area contributed by atoms with Crippen LogP contribution in [0.4, 0.5) is 0 Å². The van der Waals surface area contributed by atoms with Crippen LogP contribution in [0.5, 0.6) is 5.75 Å². The Bertz CT molecular complexity index is 466. The molecule has 0 saturated carbocycles. The zero-order chi connectivity index (χ0) is 15.5. The van der Waals surface area contributed by atoms with E-state index in [1.807, 2.05) is 18.2 Å². The number of ether oxygens (including phenoxy) is 2. The van der Waals surface area contributed by atoms with Gasteiger partial charge < -0.3 is 20.1 Å². The number of nitrogens with one attached hydrogen (secondary N) is 2. The van der Waals surface area contributed by atoms with E-state index in [-0.39, 0.29) is 12.5 Å². The molecule has 21 heavy (non-hydrogen) atoms. The van der Waals surface area contributed by atoms with Crippen molar-refractivity contribution in [3.05, 3.63) is 40.9 Å². The average Bonchev–Trinajstić information content (AvgIpc) is 2.48. The summed E-state index contributed by atoms with van der Waals surface area (Å²) < 4.78 is 11.3. The van der Waals surface area contributed by atoms with Crippen LogP contribution in [-0.2, 0) is 16.1 Å². The van der Waals surface area contributed by atoms with Gasteiger partial charge in [-0.2, -0.15) is 0 Å². The Kier molecular flexibility index (Phi) is 8.73. The quantitative estimate of drug-likeness (QED) is 0.496. The number of hydrogen-bond donors (Lipinski definition) is 2. The molecule has 116 valence electrons. The largest absolute Gasteiger partial charge is 0.483 e. The molecule has 1 amide bonds. The Hall–Kier alpha value is -1.37. The zero-order valence-corrected chi connectivity index (χ0v) is 13.7. The fourth-order valence-corrected chi connectivity index (χ4v) is 2.10. The lowest BCUT2D eigenvalue weighted by atomic mass is 10.2. The van der Waals surface area contributed by atoms with Gasteiger partial charge >= 0.3 is 0 Å². The molecule has 5 nitrogen and oxygen atoms in total. The topological polar surface area (TPSA) is 59.6 Å². The third-order valence-corrected chi connectivity index (χ3v) is 3.23. The molecule has 0 aliphatic heterocycles. The summed E-state index contributed by atoms with van der Waals surface area (Å²) in [4.78, 5) is 11.4. The fraction of sp³-hybridized carbons (Fsp3) is 0.400. The van der Waals surface area contributed by atoms with Crippen LogP contribution >= 0.6 is 15.9 Å². The second kappa shape index (κ2) is 10.4. The van der Waals surface area contributed by atoms with E-state index in [4.69, 9.17) is 9.47 Å². The predicted molar refractivity (Wildman–Crippen MR) is 86.4 cm³/mol. The van der Waals surface area contributed by atoms with Crippen LogP contribution in [0.3, 0.4) is 0 Å². The summed E-state index contributed by atoms with van der Waals surface area (Å²) in [6, 6.07) is 5.77. The van der Waals surface area contributed by atoms with Crippen molar-refractivity contribution in [1.29, 1.82) is 0 Å². The van der Waals surface area contributed by atoms with Crippen molar-refractivity contribution in [1.82, 2.24) is 10.6 Å². The van der Waals surface area contributed by atoms with Crippen LogP contribution < -0.4 is 15.4 Å². The SMILES string of the molecule is C=CCNC(=O)COc1ccc(CNCCOC)cc1Br. The maximum Gasteiger partial charge on any atom is 0.258 e. The Morgan fingerprint density at radius 3 is 2.95 bits per heavy atom. The Labute approximate surface area is 133 Å². The lowest BCUT2D eigenvalue weighted by molar-refractivity contribution is -0.122. The third kappa shape index (κ3) is 7.27. The van der Waals surface area contributed by atoms with Gasteiger partial charge in [0.15, 0.2) is 6.61 Å². The summed E-state index contributed by atoms with van der Waals surface area (Å²) in [5.74, 6) is 0.469. The van der Waals surface area contributed by atoms with Gasteiger partial charge in [-0.15, -0.1) is 6.58 Å². The van der Waals surface area contributed by atoms with E-state index in [1.165, 1.54) is 0 Å². The fourth-order valence-electron chi connectivity index (χ4n) is 1.56. The Morgan fingerprint density at radius 2 is 2.29 bits per heavy atom. The van der Waals surface area contributed by atoms with Crippen molar-refractivity contribution < 1.29 is 14.3 Å². The van der Waals surface area contributed by atoms with Crippen molar-refractivity contribution >= 4 is 21.8 Å². The minimum absolute atomic E-state index is 0.0160. The van der Waals surface area contributed by atoms with E-state index < -0.39 is 0 Å². The van der Waals surface area contributed by atoms with Crippen molar-refractivity contribution in [2.45, 2.75) is 6.54 Å². The van der Waals surface area contributed by atoms with E-state index in [2.05, 4.69) is 33.1 Å². The molecular formula is C15H21BrN2O3. The number of benzene rings is 1. The molecule has 1 rings (SSSR count). The van der Waals surface area contributed by atoms with Crippen molar-refractivity contribution in [2.24, 2.45) is 0 Å². The molecule has 6 heteroatoms. The van der Waals surface area contributed by atoms with E-state index >= 15 is 0 Å². The first-order chi connectivity index (χ1) is 10.2. The lowest BCUT2D eigenvalue weighted by Gasteiger charge is -2.10. The number of hydrogen-bond acceptors (Lipinski definition) is 4. The summed E-state index contributed by atoms with van der Waals surface area (Å²) in [6.07, 6.45) is 1.62. The summed E-state index contributed by atoms with van der Waals surface area (Å²) >= 11 is 3.45. The molecule has 0 saturated heterocycles. The van der Waals surface area contributed by atoms with Gasteiger partial charge in [0.2, 0.25) is 0 Å². The number of methoxy groups -OCH3 is 1. The third-order valence-electron chi connectivity index (χ3n) is 2.61. The highest BCUT2D eigenvalue weighted by molar-refractivity contribution is 9.10. The number of rotatable bonds is 10. The summed E-state index contributed by atoms with van der Waals surface area (Å²) in [7, 11) is 1.68. The normalized spacial score (nSPS) is 10.2. The first-order valence-electron chi connectivity index (χ1n) is 6.66. The van der Waals surface area contributed by atoms with Gasteiger partial charge in [-0.05, 0) is 33.6 Å². The standard InChI is InChI=1S/C15H21BrN2O3/c1-3-6-18-15(19)11-21-14-5-4-12(9-13(14)16)10-17-7-8-20-2/h3-5,9,17H,1,6-8,10-11H2,2H3,(H,18,19). The molecule has 0 unspecified atom stereocenters. The lowest BCUT2D eigenvalue weighted by Crippen LogP contribution is -2.28. The first-order valence-corrected chi connectivity index (χ1v) is 7.45. The summed E-state index contributed by atoms with van der Waals surface area (Å²) in [5.41, 5.74) is 1.13. The second-order valence-corrected chi connectivity index (χ2v) is 5.17. The number of carbonyl (C=O) groups is 1. The van der Waals surface area contributed by atoms with Crippen molar-refractivity contribution in [3.63, 3.8) is 0 Å². The van der Waals surface area contributed by atoms with Gasteiger partial charge in [-0.25, -0.2) is 0 Å². The van der Waals surface area contributed by atoms with Crippen molar-refractivity contribution in [2.75, 3.05) is 33.4 Å². The molecule has 1 aromatic carbocycles. The predicted octanol–water partition coefficient (Wildman–Crippen LogP) is 1.87. The molecule has 0 bridgehead atoms. The highest BCUT2D eigenvalue weighted by Gasteiger charge is 2.06. The summed E-state index contributed by atoms with van der Waals surface area (Å²) in [5, 5.41) is 5.92. The maximum absolute atomic E-state index is 11.4. The Balaban J connectivity index is 2.42. The molecule has 0 heterocycles. The molecule has 0 atom stereocenters. The molecule has 0 spiro atoms. The van der Waals surface area contributed by atoms with E-state index in [0.717, 1.165) is 23.1 Å². The van der Waals surface area contributed by atoms with E-state index in [9.17, 15) is 4.79 Å². The molecule has 2 N–H and O–H groups in total.